The third-order valence-corrected chi connectivity index (χ3v) is 4.36. The lowest BCUT2D eigenvalue weighted by atomic mass is 10.0. The minimum Gasteiger partial charge on any atom is -0.449 e. The molecule has 0 N–H and O–H groups in total. The van der Waals surface area contributed by atoms with Gasteiger partial charge in [0.15, 0.2) is 0 Å². The summed E-state index contributed by atoms with van der Waals surface area (Å²) in [6.07, 6.45) is 2.36. The predicted molar refractivity (Wildman–Crippen MR) is 93.3 cm³/mol. The second-order valence-corrected chi connectivity index (χ2v) is 6.30. The summed E-state index contributed by atoms with van der Waals surface area (Å²) in [7, 11) is 1.65. The second-order valence-electron chi connectivity index (χ2n) is 5.89. The molecule has 1 unspecified atom stereocenters. The van der Waals surface area contributed by atoms with E-state index in [9.17, 15) is 4.79 Å². The van der Waals surface area contributed by atoms with Crippen LogP contribution in [0.15, 0.2) is 18.2 Å². The molecule has 0 saturated carbocycles. The van der Waals surface area contributed by atoms with Crippen molar-refractivity contribution in [3.8, 4) is 0 Å². The molecule has 1 heterocycles. The number of methoxy groups -OCH3 is 1. The molecule has 1 saturated heterocycles. The quantitative estimate of drug-likeness (QED) is 0.718. The number of benzene rings is 1. The van der Waals surface area contributed by atoms with Crippen molar-refractivity contribution in [3.63, 3.8) is 0 Å². The summed E-state index contributed by atoms with van der Waals surface area (Å²) in [6, 6.07) is 5.57. The highest BCUT2D eigenvalue weighted by atomic mass is 35.5. The molecule has 24 heavy (non-hydrogen) atoms. The highest BCUT2D eigenvalue weighted by Crippen LogP contribution is 2.31. The fourth-order valence-corrected chi connectivity index (χ4v) is 3.07. The van der Waals surface area contributed by atoms with Gasteiger partial charge in [-0.15, -0.1) is 0 Å². The second kappa shape index (κ2) is 9.87. The highest BCUT2D eigenvalue weighted by Gasteiger charge is 2.29. The van der Waals surface area contributed by atoms with E-state index in [4.69, 9.17) is 25.8 Å². The summed E-state index contributed by atoms with van der Waals surface area (Å²) in [6.45, 7) is 4.67. The van der Waals surface area contributed by atoms with Gasteiger partial charge in [0.05, 0.1) is 25.9 Å². The molecule has 1 atom stereocenters. The van der Waals surface area contributed by atoms with Gasteiger partial charge in [-0.3, -0.25) is 4.90 Å². The first kappa shape index (κ1) is 19.0. The summed E-state index contributed by atoms with van der Waals surface area (Å²) in [4.78, 5) is 14.2. The molecular formula is C18H26ClNO4. The predicted octanol–water partition coefficient (Wildman–Crippen LogP) is 4.19. The Morgan fingerprint density at radius 1 is 1.46 bits per heavy atom. The number of hydrogen-bond donors (Lipinski definition) is 0. The van der Waals surface area contributed by atoms with Crippen LogP contribution < -0.4 is 0 Å². The van der Waals surface area contributed by atoms with Crippen molar-refractivity contribution in [3.05, 3.63) is 34.3 Å². The summed E-state index contributed by atoms with van der Waals surface area (Å²) < 4.78 is 16.2. The van der Waals surface area contributed by atoms with Crippen molar-refractivity contribution in [2.24, 2.45) is 0 Å². The van der Waals surface area contributed by atoms with Crippen LogP contribution >= 0.6 is 11.6 Å². The minimum absolute atomic E-state index is 0.231. The van der Waals surface area contributed by atoms with Crippen LogP contribution in [0.5, 0.6) is 0 Å². The maximum atomic E-state index is 12.5. The van der Waals surface area contributed by atoms with Crippen LogP contribution in [0, 0.1) is 0 Å². The van der Waals surface area contributed by atoms with Gasteiger partial charge in [-0.25, -0.2) is 4.79 Å². The maximum absolute atomic E-state index is 12.5. The summed E-state index contributed by atoms with van der Waals surface area (Å²) >= 11 is 6.46. The van der Waals surface area contributed by atoms with E-state index in [1.807, 2.05) is 18.2 Å². The van der Waals surface area contributed by atoms with Crippen molar-refractivity contribution < 1.29 is 19.0 Å². The fourth-order valence-electron chi connectivity index (χ4n) is 2.74. The molecule has 2 rings (SSSR count). The first-order valence-corrected chi connectivity index (χ1v) is 8.83. The Labute approximate surface area is 148 Å². The maximum Gasteiger partial charge on any atom is 0.410 e. The van der Waals surface area contributed by atoms with E-state index in [0.717, 1.165) is 30.4 Å². The highest BCUT2D eigenvalue weighted by molar-refractivity contribution is 6.31. The van der Waals surface area contributed by atoms with Gasteiger partial charge in [0.1, 0.15) is 0 Å². The number of ether oxygens (including phenoxy) is 3. The van der Waals surface area contributed by atoms with Gasteiger partial charge in [0.2, 0.25) is 0 Å². The van der Waals surface area contributed by atoms with Gasteiger partial charge in [0, 0.05) is 25.3 Å². The molecule has 1 aromatic carbocycles. The zero-order chi connectivity index (χ0) is 17.4. The fraction of sp³-hybridized carbons (Fsp3) is 0.611. The average molecular weight is 356 g/mol. The number of carbonyl (C=O) groups excluding carboxylic acids is 1. The Hall–Kier alpha value is -1.30. The largest absolute Gasteiger partial charge is 0.449 e. The Bertz CT molecular complexity index is 538. The monoisotopic (exact) mass is 355 g/mol. The normalized spacial score (nSPS) is 18.3. The molecule has 1 aliphatic heterocycles. The van der Waals surface area contributed by atoms with Crippen LogP contribution in [0.3, 0.4) is 0 Å². The van der Waals surface area contributed by atoms with Crippen LogP contribution in [0.25, 0.3) is 0 Å². The zero-order valence-electron chi connectivity index (χ0n) is 14.4. The lowest BCUT2D eigenvalue weighted by Crippen LogP contribution is -2.37. The molecular weight excluding hydrogens is 330 g/mol. The van der Waals surface area contributed by atoms with Crippen LogP contribution in [-0.2, 0) is 20.8 Å². The van der Waals surface area contributed by atoms with E-state index in [-0.39, 0.29) is 12.1 Å². The standard InChI is InChI=1S/C18H26ClNO4/c1-3-4-10-24-18(21)20-8-5-9-23-13-17(20)15-7-6-14(12-22-2)11-16(15)19/h6-7,11,17H,3-5,8-10,12-13H2,1-2H3. The van der Waals surface area contributed by atoms with E-state index in [0.29, 0.717) is 38.0 Å². The molecule has 134 valence electrons. The van der Waals surface area contributed by atoms with Crippen LogP contribution in [0.1, 0.15) is 43.4 Å². The molecule has 1 aromatic rings. The summed E-state index contributed by atoms with van der Waals surface area (Å²) in [5.41, 5.74) is 1.88. The Morgan fingerprint density at radius 3 is 3.00 bits per heavy atom. The number of rotatable bonds is 6. The van der Waals surface area contributed by atoms with Gasteiger partial charge < -0.3 is 14.2 Å². The first-order chi connectivity index (χ1) is 11.7. The molecule has 0 aromatic heterocycles. The average Bonchev–Trinajstić information content (AvgIpc) is 2.81. The van der Waals surface area contributed by atoms with Crippen LogP contribution in [-0.4, -0.2) is 44.5 Å². The van der Waals surface area contributed by atoms with Gasteiger partial charge in [-0.1, -0.05) is 37.1 Å². The summed E-state index contributed by atoms with van der Waals surface area (Å²) in [5, 5.41) is 0.617. The smallest absolute Gasteiger partial charge is 0.410 e. The third-order valence-electron chi connectivity index (χ3n) is 4.03. The molecule has 6 heteroatoms. The molecule has 0 radical (unpaired) electrons. The van der Waals surface area contributed by atoms with Crippen molar-refractivity contribution in [2.45, 2.75) is 38.8 Å². The molecule has 1 amide bonds. The lowest BCUT2D eigenvalue weighted by molar-refractivity contribution is 0.0685. The topological polar surface area (TPSA) is 48.0 Å². The van der Waals surface area contributed by atoms with E-state index >= 15 is 0 Å². The van der Waals surface area contributed by atoms with Crippen LogP contribution in [0.2, 0.25) is 5.02 Å². The van der Waals surface area contributed by atoms with E-state index in [1.54, 1.807) is 12.0 Å². The Morgan fingerprint density at radius 2 is 2.29 bits per heavy atom. The van der Waals surface area contributed by atoms with Gasteiger partial charge in [-0.2, -0.15) is 0 Å². The van der Waals surface area contributed by atoms with E-state index in [2.05, 4.69) is 6.92 Å². The van der Waals surface area contributed by atoms with Crippen molar-refractivity contribution in [1.29, 1.82) is 0 Å². The molecule has 0 aliphatic carbocycles. The minimum atomic E-state index is -0.295. The number of halogens is 1. The van der Waals surface area contributed by atoms with Crippen molar-refractivity contribution in [1.82, 2.24) is 4.90 Å². The molecule has 1 fully saturated rings. The van der Waals surface area contributed by atoms with E-state index in [1.165, 1.54) is 0 Å². The van der Waals surface area contributed by atoms with Gasteiger partial charge >= 0.3 is 6.09 Å². The third kappa shape index (κ3) is 5.10. The van der Waals surface area contributed by atoms with Gasteiger partial charge in [-0.05, 0) is 30.0 Å². The molecule has 5 nitrogen and oxygen atoms in total. The first-order valence-electron chi connectivity index (χ1n) is 8.45. The summed E-state index contributed by atoms with van der Waals surface area (Å²) in [5.74, 6) is 0. The number of hydrogen-bond acceptors (Lipinski definition) is 4. The van der Waals surface area contributed by atoms with Crippen molar-refractivity contribution >= 4 is 17.7 Å². The van der Waals surface area contributed by atoms with E-state index < -0.39 is 0 Å². The molecule has 0 spiro atoms. The number of amides is 1. The number of unbranched alkanes of at least 4 members (excludes halogenated alkanes) is 1. The van der Waals surface area contributed by atoms with Crippen molar-refractivity contribution in [2.75, 3.05) is 33.5 Å². The molecule has 0 bridgehead atoms. The zero-order valence-corrected chi connectivity index (χ0v) is 15.2. The Kier molecular flexibility index (Phi) is 7.82. The lowest BCUT2D eigenvalue weighted by Gasteiger charge is -2.29. The van der Waals surface area contributed by atoms with Gasteiger partial charge in [0.25, 0.3) is 0 Å². The SMILES string of the molecule is CCCCOC(=O)N1CCCOCC1c1ccc(COC)cc1Cl. The number of carbonyl (C=O) groups is 1. The Balaban J connectivity index is 2.18. The van der Waals surface area contributed by atoms with Crippen LogP contribution in [0.4, 0.5) is 4.79 Å². The molecule has 1 aliphatic rings. The number of nitrogens with zero attached hydrogens (tertiary/aromatic N) is 1.